The molecule has 1 aliphatic heterocycles. The third kappa shape index (κ3) is 4.29. The van der Waals surface area contributed by atoms with Crippen molar-refractivity contribution < 1.29 is 14.3 Å². The summed E-state index contributed by atoms with van der Waals surface area (Å²) in [5.41, 5.74) is 1.46. The highest BCUT2D eigenvalue weighted by molar-refractivity contribution is 6.35. The molecule has 0 saturated carbocycles. The maximum absolute atomic E-state index is 12.3. The van der Waals surface area contributed by atoms with E-state index in [-0.39, 0.29) is 11.8 Å². The van der Waals surface area contributed by atoms with Gasteiger partial charge in [-0.05, 0) is 55.8 Å². The van der Waals surface area contributed by atoms with Crippen molar-refractivity contribution in [2.45, 2.75) is 25.9 Å². The third-order valence-electron chi connectivity index (χ3n) is 4.09. The number of anilines is 2. The van der Waals surface area contributed by atoms with Gasteiger partial charge in [-0.2, -0.15) is 0 Å². The predicted molar refractivity (Wildman–Crippen MR) is 103 cm³/mol. The van der Waals surface area contributed by atoms with Gasteiger partial charge in [-0.15, -0.1) is 0 Å². The Balaban J connectivity index is 1.61. The van der Waals surface area contributed by atoms with Gasteiger partial charge >= 0.3 is 0 Å². The van der Waals surface area contributed by atoms with Crippen LogP contribution in [0.1, 0.15) is 19.8 Å². The molecular formula is C19H18Cl2N2O3. The highest BCUT2D eigenvalue weighted by Gasteiger charge is 2.22. The zero-order valence-electron chi connectivity index (χ0n) is 14.2. The van der Waals surface area contributed by atoms with Crippen LogP contribution in [0.15, 0.2) is 42.5 Å². The first-order valence-corrected chi connectivity index (χ1v) is 9.02. The summed E-state index contributed by atoms with van der Waals surface area (Å²) < 4.78 is 5.60. The summed E-state index contributed by atoms with van der Waals surface area (Å²) in [6, 6.07) is 12.0. The van der Waals surface area contributed by atoms with Gasteiger partial charge in [-0.3, -0.25) is 9.59 Å². The predicted octanol–water partition coefficient (Wildman–Crippen LogP) is 4.53. The molecule has 2 aromatic rings. The maximum atomic E-state index is 12.3. The minimum absolute atomic E-state index is 0.128. The Kier molecular flexibility index (Phi) is 5.69. The molecule has 0 bridgehead atoms. The molecule has 7 heteroatoms. The van der Waals surface area contributed by atoms with E-state index in [1.165, 1.54) is 0 Å². The Hall–Kier alpha value is -2.24. The van der Waals surface area contributed by atoms with Gasteiger partial charge in [0.25, 0.3) is 5.91 Å². The molecule has 1 saturated heterocycles. The molecule has 0 unspecified atom stereocenters. The molecule has 0 aromatic heterocycles. The molecule has 0 radical (unpaired) electrons. The number of hydrogen-bond acceptors (Lipinski definition) is 3. The smallest absolute Gasteiger partial charge is 0.265 e. The Morgan fingerprint density at radius 2 is 1.92 bits per heavy atom. The molecule has 26 heavy (non-hydrogen) atoms. The van der Waals surface area contributed by atoms with Crippen molar-refractivity contribution in [2.24, 2.45) is 0 Å². The number of halogens is 2. The first-order chi connectivity index (χ1) is 12.4. The van der Waals surface area contributed by atoms with E-state index in [9.17, 15) is 9.59 Å². The molecule has 0 aliphatic carbocycles. The molecule has 1 fully saturated rings. The quantitative estimate of drug-likeness (QED) is 0.812. The monoisotopic (exact) mass is 392 g/mol. The van der Waals surface area contributed by atoms with Gasteiger partial charge in [0.1, 0.15) is 5.75 Å². The lowest BCUT2D eigenvalue weighted by atomic mass is 10.2. The van der Waals surface area contributed by atoms with Crippen LogP contribution >= 0.6 is 23.2 Å². The van der Waals surface area contributed by atoms with Gasteiger partial charge in [0.2, 0.25) is 5.91 Å². The van der Waals surface area contributed by atoms with E-state index in [1.54, 1.807) is 42.2 Å². The number of hydrogen-bond donors (Lipinski definition) is 1. The van der Waals surface area contributed by atoms with Crippen LogP contribution < -0.4 is 15.0 Å². The van der Waals surface area contributed by atoms with E-state index in [0.717, 1.165) is 18.7 Å². The number of nitrogens with one attached hydrogen (secondary N) is 1. The third-order valence-corrected chi connectivity index (χ3v) is 4.62. The van der Waals surface area contributed by atoms with Gasteiger partial charge < -0.3 is 15.0 Å². The topological polar surface area (TPSA) is 58.6 Å². The lowest BCUT2D eigenvalue weighted by molar-refractivity contribution is -0.122. The van der Waals surface area contributed by atoms with E-state index in [0.29, 0.717) is 27.9 Å². The summed E-state index contributed by atoms with van der Waals surface area (Å²) in [4.78, 5) is 25.8. The summed E-state index contributed by atoms with van der Waals surface area (Å²) in [7, 11) is 0. The number of carbonyl (C=O) groups excluding carboxylic acids is 2. The number of nitrogens with zero attached hydrogens (tertiary/aromatic N) is 1. The number of rotatable bonds is 5. The van der Waals surface area contributed by atoms with Gasteiger partial charge in [-0.1, -0.05) is 23.2 Å². The molecule has 0 spiro atoms. The van der Waals surface area contributed by atoms with Crippen molar-refractivity contribution >= 4 is 46.4 Å². The van der Waals surface area contributed by atoms with Crippen LogP contribution in [0.5, 0.6) is 5.75 Å². The molecule has 2 amide bonds. The van der Waals surface area contributed by atoms with E-state index in [2.05, 4.69) is 5.32 Å². The summed E-state index contributed by atoms with van der Waals surface area (Å²) >= 11 is 11.9. The van der Waals surface area contributed by atoms with Crippen LogP contribution in [0.25, 0.3) is 0 Å². The summed E-state index contributed by atoms with van der Waals surface area (Å²) in [5, 5.41) is 3.63. The summed E-state index contributed by atoms with van der Waals surface area (Å²) in [5.74, 6) is 0.214. The van der Waals surface area contributed by atoms with Crippen molar-refractivity contribution in [2.75, 3.05) is 16.8 Å². The van der Waals surface area contributed by atoms with Crippen molar-refractivity contribution in [3.05, 3.63) is 52.5 Å². The fourth-order valence-corrected chi connectivity index (χ4v) is 3.16. The van der Waals surface area contributed by atoms with Crippen LogP contribution in [-0.2, 0) is 9.59 Å². The SMILES string of the molecule is C[C@H](Oc1ccc(Cl)cc1Cl)C(=O)Nc1ccc(N2CCCC2=O)cc1. The van der Waals surface area contributed by atoms with Gasteiger partial charge in [0.05, 0.1) is 5.02 Å². The van der Waals surface area contributed by atoms with E-state index in [4.69, 9.17) is 27.9 Å². The van der Waals surface area contributed by atoms with Crippen molar-refractivity contribution in [1.82, 2.24) is 0 Å². The number of ether oxygens (including phenoxy) is 1. The maximum Gasteiger partial charge on any atom is 0.265 e. The van der Waals surface area contributed by atoms with Crippen LogP contribution in [0, 0.1) is 0 Å². The van der Waals surface area contributed by atoms with Crippen molar-refractivity contribution in [1.29, 1.82) is 0 Å². The number of amides is 2. The van der Waals surface area contributed by atoms with Crippen LogP contribution in [0.3, 0.4) is 0 Å². The Morgan fingerprint density at radius 3 is 2.54 bits per heavy atom. The molecule has 1 aliphatic rings. The molecule has 3 rings (SSSR count). The van der Waals surface area contributed by atoms with Crippen LogP contribution in [-0.4, -0.2) is 24.5 Å². The lowest BCUT2D eigenvalue weighted by Gasteiger charge is -2.17. The standard InChI is InChI=1S/C19H18Cl2N2O3/c1-12(26-17-9-4-13(20)11-16(17)21)19(25)22-14-5-7-15(8-6-14)23-10-2-3-18(23)24/h4-9,11-12H,2-3,10H2,1H3,(H,22,25)/t12-/m0/s1. The second-order valence-corrected chi connectivity index (χ2v) is 6.86. The number of carbonyl (C=O) groups is 2. The minimum Gasteiger partial charge on any atom is -0.479 e. The minimum atomic E-state index is -0.742. The first kappa shape index (κ1) is 18.5. The van der Waals surface area contributed by atoms with E-state index < -0.39 is 6.10 Å². The fourth-order valence-electron chi connectivity index (χ4n) is 2.70. The zero-order chi connectivity index (χ0) is 18.7. The number of benzene rings is 2. The molecule has 1 atom stereocenters. The Labute approximate surface area is 161 Å². The van der Waals surface area contributed by atoms with E-state index >= 15 is 0 Å². The molecular weight excluding hydrogens is 375 g/mol. The molecule has 136 valence electrons. The zero-order valence-corrected chi connectivity index (χ0v) is 15.7. The molecule has 5 nitrogen and oxygen atoms in total. The second kappa shape index (κ2) is 7.98. The van der Waals surface area contributed by atoms with Crippen LogP contribution in [0.4, 0.5) is 11.4 Å². The van der Waals surface area contributed by atoms with Crippen molar-refractivity contribution in [3.8, 4) is 5.75 Å². The summed E-state index contributed by atoms with van der Waals surface area (Å²) in [6.45, 7) is 2.37. The second-order valence-electron chi connectivity index (χ2n) is 6.02. The van der Waals surface area contributed by atoms with Crippen molar-refractivity contribution in [3.63, 3.8) is 0 Å². The molecule has 1 heterocycles. The highest BCUT2D eigenvalue weighted by atomic mass is 35.5. The summed E-state index contributed by atoms with van der Waals surface area (Å²) in [6.07, 6.45) is 0.716. The largest absolute Gasteiger partial charge is 0.479 e. The molecule has 2 aromatic carbocycles. The molecule has 1 N–H and O–H groups in total. The average Bonchev–Trinajstić information content (AvgIpc) is 3.04. The Morgan fingerprint density at radius 1 is 1.19 bits per heavy atom. The van der Waals surface area contributed by atoms with Gasteiger partial charge in [-0.25, -0.2) is 0 Å². The normalized spacial score (nSPS) is 15.0. The first-order valence-electron chi connectivity index (χ1n) is 8.27. The van der Waals surface area contributed by atoms with Gasteiger partial charge in [0, 0.05) is 29.4 Å². The van der Waals surface area contributed by atoms with E-state index in [1.807, 2.05) is 12.1 Å². The Bertz CT molecular complexity index is 824. The fraction of sp³-hybridized carbons (Fsp3) is 0.263. The average molecular weight is 393 g/mol. The highest BCUT2D eigenvalue weighted by Crippen LogP contribution is 2.28. The lowest BCUT2D eigenvalue weighted by Crippen LogP contribution is -2.30. The van der Waals surface area contributed by atoms with Crippen LogP contribution in [0.2, 0.25) is 10.0 Å². The van der Waals surface area contributed by atoms with Gasteiger partial charge in [0.15, 0.2) is 6.10 Å².